The van der Waals surface area contributed by atoms with Crippen LogP contribution in [-0.4, -0.2) is 10.9 Å². The molecule has 5 aromatic rings. The third-order valence-electron chi connectivity index (χ3n) is 8.40. The Morgan fingerprint density at radius 2 is 1.58 bits per heavy atom. The molecule has 0 spiro atoms. The summed E-state index contributed by atoms with van der Waals surface area (Å²) in [5, 5.41) is 2.13. The van der Waals surface area contributed by atoms with Gasteiger partial charge in [-0.1, -0.05) is 72.3 Å². The quantitative estimate of drug-likeness (QED) is 0.235. The molecule has 0 N–H and O–H groups in total. The molecule has 3 heteroatoms. The zero-order valence-corrected chi connectivity index (χ0v) is 21.7. The molecule has 0 radical (unpaired) electrons. The van der Waals surface area contributed by atoms with Crippen molar-refractivity contribution in [2.24, 2.45) is 0 Å². The summed E-state index contributed by atoms with van der Waals surface area (Å²) in [7, 11) is 0. The second kappa shape index (κ2) is 8.59. The van der Waals surface area contributed by atoms with Crippen molar-refractivity contribution in [2.45, 2.75) is 51.4 Å². The Hall–Kier alpha value is -3.85. The Kier molecular flexibility index (Phi) is 5.26. The van der Waals surface area contributed by atoms with Gasteiger partial charge in [0.15, 0.2) is 0 Å². The Morgan fingerprint density at radius 1 is 0.789 bits per heavy atom. The van der Waals surface area contributed by atoms with Crippen molar-refractivity contribution in [3.05, 3.63) is 113 Å². The topological polar surface area (TPSA) is 12.9 Å². The van der Waals surface area contributed by atoms with Crippen molar-refractivity contribution in [3.8, 4) is 33.6 Å². The highest BCUT2D eigenvalue weighted by atomic mass is 19.3. The lowest BCUT2D eigenvalue weighted by molar-refractivity contribution is 0.00777. The maximum absolute atomic E-state index is 14.1. The summed E-state index contributed by atoms with van der Waals surface area (Å²) in [6.07, 6.45) is 1.29. The number of aromatic nitrogens is 1. The molecule has 1 aromatic heterocycles. The van der Waals surface area contributed by atoms with Gasteiger partial charge in [-0.05, 0) is 89.6 Å². The van der Waals surface area contributed by atoms with Crippen LogP contribution in [0.3, 0.4) is 0 Å². The highest BCUT2D eigenvalue weighted by Gasteiger charge is 2.40. The standard InChI is InChI=1S/C35H29F2N/c1-21-7-9-23(10-8-21)33-19-26-12-11-24(27-13-14-35(36,37)20-27)17-29(26)34(38-33)32-16-22(2)15-30-28-6-4-3-5-25(28)18-31(30)32/h3-12,15-17,19,27H,13-14,18,20H2,1-2H3. The van der Waals surface area contributed by atoms with Crippen LogP contribution in [-0.2, 0) is 6.42 Å². The number of benzene rings is 4. The first-order valence-corrected chi connectivity index (χ1v) is 13.5. The summed E-state index contributed by atoms with van der Waals surface area (Å²) in [4.78, 5) is 5.30. The number of hydrogen-bond acceptors (Lipinski definition) is 1. The van der Waals surface area contributed by atoms with Crippen LogP contribution in [0.5, 0.6) is 0 Å². The van der Waals surface area contributed by atoms with Crippen LogP contribution in [0.25, 0.3) is 44.4 Å². The summed E-state index contributed by atoms with van der Waals surface area (Å²) in [6, 6.07) is 30.1. The Bertz CT molecular complexity index is 1720. The van der Waals surface area contributed by atoms with Crippen LogP contribution >= 0.6 is 0 Å². The monoisotopic (exact) mass is 501 g/mol. The largest absolute Gasteiger partial charge is 0.248 e. The zero-order chi connectivity index (χ0) is 26.0. The smallest absolute Gasteiger partial charge is 0.247 e. The van der Waals surface area contributed by atoms with Crippen LogP contribution in [0.1, 0.15) is 53.0 Å². The predicted octanol–water partition coefficient (Wildman–Crippen LogP) is 9.66. The molecule has 0 amide bonds. The van der Waals surface area contributed by atoms with Gasteiger partial charge in [0.2, 0.25) is 5.92 Å². The van der Waals surface area contributed by atoms with Crippen molar-refractivity contribution in [1.82, 2.24) is 4.98 Å². The maximum atomic E-state index is 14.1. The molecule has 1 saturated carbocycles. The predicted molar refractivity (Wildman–Crippen MR) is 152 cm³/mol. The van der Waals surface area contributed by atoms with E-state index in [9.17, 15) is 8.78 Å². The van der Waals surface area contributed by atoms with Gasteiger partial charge in [0, 0.05) is 29.4 Å². The normalized spacial score (nSPS) is 17.5. The fraction of sp³-hybridized carbons (Fsp3) is 0.229. The van der Waals surface area contributed by atoms with Crippen LogP contribution < -0.4 is 0 Å². The van der Waals surface area contributed by atoms with E-state index in [4.69, 9.17) is 4.98 Å². The van der Waals surface area contributed by atoms with Crippen LogP contribution in [0.2, 0.25) is 0 Å². The fourth-order valence-electron chi connectivity index (χ4n) is 6.42. The lowest BCUT2D eigenvalue weighted by atomic mass is 9.90. The molecule has 188 valence electrons. The van der Waals surface area contributed by atoms with E-state index in [1.807, 2.05) is 6.07 Å². The van der Waals surface area contributed by atoms with E-state index in [2.05, 4.69) is 92.7 Å². The Labute approximate surface area is 222 Å². The van der Waals surface area contributed by atoms with Gasteiger partial charge in [0.1, 0.15) is 0 Å². The molecule has 0 bridgehead atoms. The maximum Gasteiger partial charge on any atom is 0.248 e. The van der Waals surface area contributed by atoms with Crippen molar-refractivity contribution >= 4 is 10.8 Å². The minimum Gasteiger partial charge on any atom is -0.247 e. The third-order valence-corrected chi connectivity index (χ3v) is 8.40. The second-order valence-corrected chi connectivity index (χ2v) is 11.2. The van der Waals surface area contributed by atoms with Gasteiger partial charge in [-0.3, -0.25) is 0 Å². The molecular weight excluding hydrogens is 472 g/mol. The summed E-state index contributed by atoms with van der Waals surface area (Å²) < 4.78 is 28.2. The van der Waals surface area contributed by atoms with E-state index < -0.39 is 5.92 Å². The molecular formula is C35H29F2N. The van der Waals surface area contributed by atoms with Gasteiger partial charge in [0.05, 0.1) is 11.4 Å². The molecule has 0 saturated heterocycles. The number of pyridine rings is 1. The summed E-state index contributed by atoms with van der Waals surface area (Å²) >= 11 is 0. The van der Waals surface area contributed by atoms with Gasteiger partial charge in [-0.25, -0.2) is 13.8 Å². The number of halogens is 2. The van der Waals surface area contributed by atoms with E-state index in [-0.39, 0.29) is 18.8 Å². The van der Waals surface area contributed by atoms with E-state index in [0.717, 1.165) is 45.3 Å². The van der Waals surface area contributed by atoms with Crippen molar-refractivity contribution in [3.63, 3.8) is 0 Å². The van der Waals surface area contributed by atoms with E-state index in [0.29, 0.717) is 6.42 Å². The number of rotatable bonds is 3. The molecule has 2 aliphatic rings. The number of fused-ring (bicyclic) bond motifs is 4. The highest BCUT2D eigenvalue weighted by molar-refractivity contribution is 6.00. The van der Waals surface area contributed by atoms with Gasteiger partial charge in [-0.15, -0.1) is 0 Å². The Balaban J connectivity index is 1.47. The molecule has 38 heavy (non-hydrogen) atoms. The zero-order valence-electron chi connectivity index (χ0n) is 21.7. The minimum absolute atomic E-state index is 0.0309. The minimum atomic E-state index is -2.57. The molecule has 1 nitrogen and oxygen atoms in total. The third kappa shape index (κ3) is 3.93. The average Bonchev–Trinajstić information content (AvgIpc) is 3.47. The SMILES string of the molecule is Cc1ccc(-c2cc3ccc(C4CCC(F)(F)C4)cc3c(-c3cc(C)cc4c3Cc3ccccc3-4)n2)cc1. The highest BCUT2D eigenvalue weighted by Crippen LogP contribution is 2.47. The summed E-state index contributed by atoms with van der Waals surface area (Å²) in [5.41, 5.74) is 12.7. The van der Waals surface area contributed by atoms with E-state index in [1.54, 1.807) is 0 Å². The van der Waals surface area contributed by atoms with Crippen LogP contribution in [0.15, 0.2) is 84.9 Å². The van der Waals surface area contributed by atoms with Gasteiger partial charge >= 0.3 is 0 Å². The molecule has 4 aromatic carbocycles. The van der Waals surface area contributed by atoms with Crippen molar-refractivity contribution in [1.29, 1.82) is 0 Å². The molecule has 1 fully saturated rings. The van der Waals surface area contributed by atoms with Gasteiger partial charge < -0.3 is 0 Å². The first-order chi connectivity index (χ1) is 18.3. The van der Waals surface area contributed by atoms with Gasteiger partial charge in [-0.2, -0.15) is 0 Å². The van der Waals surface area contributed by atoms with E-state index in [1.165, 1.54) is 33.4 Å². The van der Waals surface area contributed by atoms with Crippen LogP contribution in [0, 0.1) is 13.8 Å². The average molecular weight is 502 g/mol. The first kappa shape index (κ1) is 23.3. The number of hydrogen-bond donors (Lipinski definition) is 0. The summed E-state index contributed by atoms with van der Waals surface area (Å²) in [6.45, 7) is 4.23. The van der Waals surface area contributed by atoms with Gasteiger partial charge in [0.25, 0.3) is 0 Å². The second-order valence-electron chi connectivity index (χ2n) is 11.2. The van der Waals surface area contributed by atoms with E-state index >= 15 is 0 Å². The van der Waals surface area contributed by atoms with Crippen LogP contribution in [0.4, 0.5) is 8.78 Å². The molecule has 0 aliphatic heterocycles. The van der Waals surface area contributed by atoms with Crippen molar-refractivity contribution in [2.75, 3.05) is 0 Å². The number of nitrogens with zero attached hydrogens (tertiary/aromatic N) is 1. The molecule has 2 aliphatic carbocycles. The first-order valence-electron chi connectivity index (χ1n) is 13.5. The number of aryl methyl sites for hydroxylation is 2. The molecule has 7 rings (SSSR count). The summed E-state index contributed by atoms with van der Waals surface area (Å²) in [5.74, 6) is -2.69. The van der Waals surface area contributed by atoms with Crippen molar-refractivity contribution < 1.29 is 8.78 Å². The fourth-order valence-corrected chi connectivity index (χ4v) is 6.42. The number of alkyl halides is 2. The molecule has 1 unspecified atom stereocenters. The molecule has 1 atom stereocenters. The lowest BCUT2D eigenvalue weighted by Crippen LogP contribution is -2.09. The Morgan fingerprint density at radius 3 is 2.37 bits per heavy atom. The lowest BCUT2D eigenvalue weighted by Gasteiger charge is -2.17. The molecule has 1 heterocycles.